The lowest BCUT2D eigenvalue weighted by Gasteiger charge is -2.40. The summed E-state index contributed by atoms with van der Waals surface area (Å²) in [6.07, 6.45) is -1.09. The summed E-state index contributed by atoms with van der Waals surface area (Å²) in [5, 5.41) is 24.1. The molecule has 20 heavy (non-hydrogen) atoms. The number of fused-ring (bicyclic) bond motifs is 1. The maximum Gasteiger partial charge on any atom is 0.222 e. The van der Waals surface area contributed by atoms with Gasteiger partial charge in [0.2, 0.25) is 5.91 Å². The van der Waals surface area contributed by atoms with E-state index in [1.54, 1.807) is 11.9 Å². The van der Waals surface area contributed by atoms with Crippen molar-refractivity contribution in [1.82, 2.24) is 10.2 Å². The second kappa shape index (κ2) is 5.51. The lowest BCUT2D eigenvalue weighted by molar-refractivity contribution is -0.164. The van der Waals surface area contributed by atoms with E-state index in [1.807, 2.05) is 0 Å². The molecule has 0 aliphatic carbocycles. The monoisotopic (exact) mass is 301 g/mol. The molecule has 8 heteroatoms. The number of amides is 1. The van der Waals surface area contributed by atoms with Gasteiger partial charge in [-0.2, -0.15) is 0 Å². The highest BCUT2D eigenvalue weighted by molar-refractivity contribution is 8.14. The van der Waals surface area contributed by atoms with Crippen LogP contribution >= 0.6 is 11.8 Å². The zero-order valence-corrected chi connectivity index (χ0v) is 12.0. The van der Waals surface area contributed by atoms with Crippen molar-refractivity contribution >= 4 is 22.8 Å². The number of nitrogens with zero attached hydrogens (tertiary/aromatic N) is 2. The first-order valence-corrected chi connectivity index (χ1v) is 7.67. The third-order valence-corrected chi connectivity index (χ3v) is 5.15. The second-order valence-corrected chi connectivity index (χ2v) is 6.37. The molecule has 3 saturated heterocycles. The Bertz CT molecular complexity index is 433. The number of likely N-dealkylation sites (tertiary alicyclic amines) is 1. The Kier molecular flexibility index (Phi) is 3.89. The molecular weight excluding hydrogens is 282 g/mol. The first-order chi connectivity index (χ1) is 9.60. The lowest BCUT2D eigenvalue weighted by Crippen LogP contribution is -2.61. The standard InChI is InChI=1S/C12H19N3O4S/c1-13-12-14-8-10(18)9(17)6(19-11(8)20-12)5-15-4-2-3-7(15)16/h6,8-11,17-18H,2-5H2,1H3,(H,13,14). The predicted octanol–water partition coefficient (Wildman–Crippen LogP) is -1.25. The molecule has 3 aliphatic rings. The molecule has 3 fully saturated rings. The van der Waals surface area contributed by atoms with E-state index in [0.717, 1.165) is 6.42 Å². The molecule has 0 bridgehead atoms. The molecule has 3 aliphatic heterocycles. The van der Waals surface area contributed by atoms with Crippen LogP contribution in [0.4, 0.5) is 0 Å². The smallest absolute Gasteiger partial charge is 0.222 e. The quantitative estimate of drug-likeness (QED) is 0.590. The summed E-state index contributed by atoms with van der Waals surface area (Å²) in [5.41, 5.74) is -0.283. The van der Waals surface area contributed by atoms with Gasteiger partial charge in [-0.1, -0.05) is 11.8 Å². The van der Waals surface area contributed by atoms with Gasteiger partial charge in [-0.05, 0) is 6.42 Å². The lowest BCUT2D eigenvalue weighted by atomic mass is 9.97. The van der Waals surface area contributed by atoms with Crippen molar-refractivity contribution < 1.29 is 19.7 Å². The number of hydrogen-bond acceptors (Lipinski definition) is 6. The number of hydrogen-bond donors (Lipinski definition) is 3. The molecule has 0 aromatic rings. The van der Waals surface area contributed by atoms with Gasteiger partial charge in [-0.3, -0.25) is 9.79 Å². The van der Waals surface area contributed by atoms with E-state index >= 15 is 0 Å². The first-order valence-electron chi connectivity index (χ1n) is 6.79. The average molecular weight is 301 g/mol. The summed E-state index contributed by atoms with van der Waals surface area (Å²) in [4.78, 5) is 17.4. The van der Waals surface area contributed by atoms with E-state index in [0.29, 0.717) is 24.7 Å². The average Bonchev–Trinajstić information content (AvgIpc) is 3.02. The molecule has 3 rings (SSSR count). The van der Waals surface area contributed by atoms with Gasteiger partial charge in [0.25, 0.3) is 0 Å². The van der Waals surface area contributed by atoms with Crippen molar-refractivity contribution in [3.05, 3.63) is 0 Å². The Balaban J connectivity index is 1.69. The van der Waals surface area contributed by atoms with E-state index in [1.165, 1.54) is 11.8 Å². The summed E-state index contributed by atoms with van der Waals surface area (Å²) >= 11 is 1.40. The molecule has 0 radical (unpaired) electrons. The van der Waals surface area contributed by atoms with Gasteiger partial charge in [0.15, 0.2) is 5.17 Å². The maximum absolute atomic E-state index is 11.7. The van der Waals surface area contributed by atoms with E-state index in [-0.39, 0.29) is 17.4 Å². The highest BCUT2D eigenvalue weighted by atomic mass is 32.2. The summed E-state index contributed by atoms with van der Waals surface area (Å²) in [6, 6.07) is -0.362. The summed E-state index contributed by atoms with van der Waals surface area (Å²) in [6.45, 7) is 1.03. The normalized spacial score (nSPS) is 43.0. The highest BCUT2D eigenvalue weighted by Crippen LogP contribution is 2.34. The van der Waals surface area contributed by atoms with Gasteiger partial charge >= 0.3 is 0 Å². The van der Waals surface area contributed by atoms with Crippen LogP contribution in [0, 0.1) is 0 Å². The summed E-state index contributed by atoms with van der Waals surface area (Å²) in [5.74, 6) is 0.0884. The number of carbonyl (C=O) groups excluding carboxylic acids is 1. The number of aliphatic hydroxyl groups is 2. The van der Waals surface area contributed by atoms with E-state index < -0.39 is 18.3 Å². The number of ether oxygens (including phenoxy) is 1. The molecule has 3 heterocycles. The first kappa shape index (κ1) is 14.1. The summed E-state index contributed by atoms with van der Waals surface area (Å²) < 4.78 is 5.85. The van der Waals surface area contributed by atoms with Crippen LogP contribution < -0.4 is 5.32 Å². The van der Waals surface area contributed by atoms with Crippen molar-refractivity contribution in [3.8, 4) is 0 Å². The number of aliphatic imine (C=N–C) groups is 1. The van der Waals surface area contributed by atoms with Crippen LogP contribution in [0.3, 0.4) is 0 Å². The molecular formula is C12H19N3O4S. The van der Waals surface area contributed by atoms with Crippen LogP contribution in [0.2, 0.25) is 0 Å². The van der Waals surface area contributed by atoms with Crippen LogP contribution in [0.1, 0.15) is 12.8 Å². The number of thioether (sulfide) groups is 1. The highest BCUT2D eigenvalue weighted by Gasteiger charge is 2.49. The maximum atomic E-state index is 11.7. The number of amidine groups is 1. The van der Waals surface area contributed by atoms with Gasteiger partial charge in [0.1, 0.15) is 23.7 Å². The van der Waals surface area contributed by atoms with E-state index in [4.69, 9.17) is 4.74 Å². The fraction of sp³-hybridized carbons (Fsp3) is 0.833. The van der Waals surface area contributed by atoms with Crippen molar-refractivity contribution in [2.24, 2.45) is 4.99 Å². The molecule has 1 amide bonds. The number of aliphatic hydroxyl groups excluding tert-OH is 2. The Morgan fingerprint density at radius 2 is 2.30 bits per heavy atom. The fourth-order valence-electron chi connectivity index (χ4n) is 2.85. The van der Waals surface area contributed by atoms with E-state index in [9.17, 15) is 15.0 Å². The Labute approximate surface area is 121 Å². The van der Waals surface area contributed by atoms with Crippen molar-refractivity contribution in [1.29, 1.82) is 0 Å². The van der Waals surface area contributed by atoms with Crippen LogP contribution in [0.15, 0.2) is 4.99 Å². The van der Waals surface area contributed by atoms with Crippen molar-refractivity contribution in [3.63, 3.8) is 0 Å². The Hall–Kier alpha value is -0.830. The zero-order chi connectivity index (χ0) is 14.3. The van der Waals surface area contributed by atoms with Crippen LogP contribution in [0.5, 0.6) is 0 Å². The van der Waals surface area contributed by atoms with Crippen LogP contribution in [0.25, 0.3) is 0 Å². The molecule has 3 N–H and O–H groups in total. The summed E-state index contributed by atoms with van der Waals surface area (Å²) in [7, 11) is 1.66. The minimum Gasteiger partial charge on any atom is -0.388 e. The Morgan fingerprint density at radius 1 is 1.50 bits per heavy atom. The number of carbonyl (C=O) groups is 1. The topological polar surface area (TPSA) is 94.4 Å². The van der Waals surface area contributed by atoms with Crippen LogP contribution in [-0.2, 0) is 9.53 Å². The van der Waals surface area contributed by atoms with Crippen molar-refractivity contribution in [2.75, 3.05) is 20.1 Å². The van der Waals surface area contributed by atoms with Crippen LogP contribution in [-0.4, -0.2) is 76.1 Å². The van der Waals surface area contributed by atoms with Gasteiger partial charge in [0, 0.05) is 26.6 Å². The molecule has 112 valence electrons. The van der Waals surface area contributed by atoms with Gasteiger partial charge in [-0.25, -0.2) is 0 Å². The Morgan fingerprint density at radius 3 is 2.95 bits per heavy atom. The molecule has 5 unspecified atom stereocenters. The zero-order valence-electron chi connectivity index (χ0n) is 11.2. The molecule has 5 atom stereocenters. The predicted molar refractivity (Wildman–Crippen MR) is 74.4 cm³/mol. The third-order valence-electron chi connectivity index (χ3n) is 3.99. The minimum atomic E-state index is -1.01. The largest absolute Gasteiger partial charge is 0.388 e. The van der Waals surface area contributed by atoms with Gasteiger partial charge in [0.05, 0.1) is 6.04 Å². The number of nitrogens with one attached hydrogen (secondary N) is 1. The molecule has 0 aromatic heterocycles. The fourth-order valence-corrected chi connectivity index (χ4v) is 3.96. The van der Waals surface area contributed by atoms with Gasteiger partial charge in [-0.15, -0.1) is 0 Å². The SMILES string of the molecule is CN=C1NC2C(OC(CN3CCCC3=O)C(O)C2O)S1. The molecule has 0 spiro atoms. The molecule has 7 nitrogen and oxygen atoms in total. The number of rotatable bonds is 2. The molecule has 0 aromatic carbocycles. The third kappa shape index (κ3) is 2.41. The second-order valence-electron chi connectivity index (χ2n) is 5.28. The molecule has 0 saturated carbocycles. The van der Waals surface area contributed by atoms with Crippen molar-refractivity contribution in [2.45, 2.75) is 42.6 Å². The van der Waals surface area contributed by atoms with Gasteiger partial charge < -0.3 is 25.2 Å². The minimum absolute atomic E-state index is 0.0884. The van der Waals surface area contributed by atoms with E-state index in [2.05, 4.69) is 10.3 Å².